The number of nitrogens with one attached hydrogen (secondary N) is 1. The standard InChI is InChI=1S/C13H24N4/c1-5-14-12-6-7-17(8-12)9-13-10(2)15-16(4)11(13)3/h12,14H,5-9H2,1-4H3. The Hall–Kier alpha value is -0.870. The number of aryl methyl sites for hydroxylation is 2. The average Bonchev–Trinajstić information content (AvgIpc) is 2.81. The van der Waals surface area contributed by atoms with Gasteiger partial charge in [-0.15, -0.1) is 0 Å². The van der Waals surface area contributed by atoms with Crippen LogP contribution in [-0.2, 0) is 13.6 Å². The van der Waals surface area contributed by atoms with E-state index in [9.17, 15) is 0 Å². The van der Waals surface area contributed by atoms with Crippen LogP contribution in [0.25, 0.3) is 0 Å². The van der Waals surface area contributed by atoms with Crippen molar-refractivity contribution in [3.63, 3.8) is 0 Å². The van der Waals surface area contributed by atoms with Gasteiger partial charge in [0.15, 0.2) is 0 Å². The first-order valence-corrected chi connectivity index (χ1v) is 6.56. The number of nitrogens with zero attached hydrogens (tertiary/aromatic N) is 3. The molecule has 0 radical (unpaired) electrons. The van der Waals surface area contributed by atoms with Crippen LogP contribution in [0.3, 0.4) is 0 Å². The summed E-state index contributed by atoms with van der Waals surface area (Å²) < 4.78 is 1.99. The SMILES string of the molecule is CCNC1CCN(Cc2c(C)nn(C)c2C)C1. The highest BCUT2D eigenvalue weighted by atomic mass is 15.3. The fraction of sp³-hybridized carbons (Fsp3) is 0.769. The molecule has 4 nitrogen and oxygen atoms in total. The predicted octanol–water partition coefficient (Wildman–Crippen LogP) is 1.22. The Bertz CT molecular complexity index is 383. The second-order valence-corrected chi connectivity index (χ2v) is 5.05. The first kappa shape index (κ1) is 12.6. The third kappa shape index (κ3) is 2.69. The second-order valence-electron chi connectivity index (χ2n) is 5.05. The number of hydrogen-bond donors (Lipinski definition) is 1. The third-order valence-electron chi connectivity index (χ3n) is 3.81. The Balaban J connectivity index is 1.98. The topological polar surface area (TPSA) is 33.1 Å². The normalized spacial score (nSPS) is 21.3. The summed E-state index contributed by atoms with van der Waals surface area (Å²) in [6.07, 6.45) is 1.27. The van der Waals surface area contributed by atoms with Crippen LogP contribution in [-0.4, -0.2) is 40.4 Å². The van der Waals surface area contributed by atoms with Crippen LogP contribution >= 0.6 is 0 Å². The average molecular weight is 236 g/mol. The van der Waals surface area contributed by atoms with E-state index in [1.165, 1.54) is 36.5 Å². The summed E-state index contributed by atoms with van der Waals surface area (Å²) in [6.45, 7) is 10.9. The van der Waals surface area contributed by atoms with Crippen molar-refractivity contribution >= 4 is 0 Å². The van der Waals surface area contributed by atoms with Gasteiger partial charge in [-0.1, -0.05) is 6.92 Å². The minimum absolute atomic E-state index is 0.678. The molecule has 1 aliphatic rings. The van der Waals surface area contributed by atoms with Crippen LogP contribution in [0.2, 0.25) is 0 Å². The van der Waals surface area contributed by atoms with Gasteiger partial charge in [0.2, 0.25) is 0 Å². The van der Waals surface area contributed by atoms with Crippen molar-refractivity contribution in [3.8, 4) is 0 Å². The summed E-state index contributed by atoms with van der Waals surface area (Å²) in [7, 11) is 2.03. The van der Waals surface area contributed by atoms with E-state index in [-0.39, 0.29) is 0 Å². The molecule has 17 heavy (non-hydrogen) atoms. The van der Waals surface area contributed by atoms with Gasteiger partial charge >= 0.3 is 0 Å². The maximum Gasteiger partial charge on any atom is 0.0641 e. The summed E-state index contributed by atoms with van der Waals surface area (Å²) in [5.41, 5.74) is 3.89. The number of aromatic nitrogens is 2. The monoisotopic (exact) mass is 236 g/mol. The van der Waals surface area contributed by atoms with Crippen LogP contribution < -0.4 is 5.32 Å². The molecule has 1 saturated heterocycles. The van der Waals surface area contributed by atoms with Gasteiger partial charge in [0, 0.05) is 44.0 Å². The van der Waals surface area contributed by atoms with E-state index in [0.717, 1.165) is 13.1 Å². The molecule has 0 saturated carbocycles. The zero-order valence-electron chi connectivity index (χ0n) is 11.5. The van der Waals surface area contributed by atoms with Crippen molar-refractivity contribution < 1.29 is 0 Å². The lowest BCUT2D eigenvalue weighted by atomic mass is 10.2. The van der Waals surface area contributed by atoms with Crippen LogP contribution in [0, 0.1) is 13.8 Å². The minimum Gasteiger partial charge on any atom is -0.313 e. The Kier molecular flexibility index (Phi) is 3.84. The van der Waals surface area contributed by atoms with Crippen molar-refractivity contribution in [1.29, 1.82) is 0 Å². The van der Waals surface area contributed by atoms with Crippen molar-refractivity contribution in [2.24, 2.45) is 7.05 Å². The molecule has 1 aromatic heterocycles. The summed E-state index contributed by atoms with van der Waals surface area (Å²) >= 11 is 0. The zero-order chi connectivity index (χ0) is 12.4. The molecular weight excluding hydrogens is 212 g/mol. The van der Waals surface area contributed by atoms with E-state index in [0.29, 0.717) is 6.04 Å². The molecule has 0 amide bonds. The molecule has 4 heteroatoms. The van der Waals surface area contributed by atoms with Gasteiger partial charge in [-0.2, -0.15) is 5.10 Å². The predicted molar refractivity (Wildman–Crippen MR) is 70.0 cm³/mol. The van der Waals surface area contributed by atoms with E-state index in [2.05, 4.69) is 36.1 Å². The Morgan fingerprint density at radius 2 is 2.18 bits per heavy atom. The van der Waals surface area contributed by atoms with Gasteiger partial charge in [0.1, 0.15) is 0 Å². The van der Waals surface area contributed by atoms with Crippen LogP contribution in [0.1, 0.15) is 30.3 Å². The molecule has 2 rings (SSSR count). The van der Waals surface area contributed by atoms with Gasteiger partial charge in [-0.25, -0.2) is 0 Å². The molecule has 1 aliphatic heterocycles. The molecule has 1 aromatic rings. The van der Waals surface area contributed by atoms with Crippen molar-refractivity contribution in [2.75, 3.05) is 19.6 Å². The molecule has 1 fully saturated rings. The lowest BCUT2D eigenvalue weighted by Crippen LogP contribution is -2.32. The molecular formula is C13H24N4. The lowest BCUT2D eigenvalue weighted by molar-refractivity contribution is 0.319. The molecule has 1 N–H and O–H groups in total. The number of hydrogen-bond acceptors (Lipinski definition) is 3. The first-order valence-electron chi connectivity index (χ1n) is 6.56. The summed E-state index contributed by atoms with van der Waals surface area (Å²) in [4.78, 5) is 2.53. The van der Waals surface area contributed by atoms with Gasteiger partial charge in [0.25, 0.3) is 0 Å². The van der Waals surface area contributed by atoms with E-state index in [1.807, 2.05) is 11.7 Å². The molecule has 1 unspecified atom stereocenters. The van der Waals surface area contributed by atoms with E-state index in [1.54, 1.807) is 0 Å². The second kappa shape index (κ2) is 5.19. The highest BCUT2D eigenvalue weighted by molar-refractivity contribution is 5.24. The summed E-state index contributed by atoms with van der Waals surface area (Å²) in [5.74, 6) is 0. The highest BCUT2D eigenvalue weighted by Gasteiger charge is 2.23. The minimum atomic E-state index is 0.678. The van der Waals surface area contributed by atoms with Crippen molar-refractivity contribution in [1.82, 2.24) is 20.0 Å². The van der Waals surface area contributed by atoms with Crippen LogP contribution in [0.15, 0.2) is 0 Å². The molecule has 1 atom stereocenters. The fourth-order valence-electron chi connectivity index (χ4n) is 2.70. The van der Waals surface area contributed by atoms with Crippen molar-refractivity contribution in [3.05, 3.63) is 17.0 Å². The van der Waals surface area contributed by atoms with E-state index < -0.39 is 0 Å². The largest absolute Gasteiger partial charge is 0.313 e. The number of likely N-dealkylation sites (tertiary alicyclic amines) is 1. The maximum atomic E-state index is 4.48. The molecule has 0 aliphatic carbocycles. The quantitative estimate of drug-likeness (QED) is 0.853. The maximum absolute atomic E-state index is 4.48. The zero-order valence-corrected chi connectivity index (χ0v) is 11.5. The molecule has 2 heterocycles. The third-order valence-corrected chi connectivity index (χ3v) is 3.81. The number of likely N-dealkylation sites (N-methyl/N-ethyl adjacent to an activating group) is 1. The van der Waals surface area contributed by atoms with E-state index >= 15 is 0 Å². The molecule has 96 valence electrons. The Labute approximate surface area is 104 Å². The number of rotatable bonds is 4. The Morgan fingerprint density at radius 3 is 2.76 bits per heavy atom. The lowest BCUT2D eigenvalue weighted by Gasteiger charge is -2.16. The first-order chi connectivity index (χ1) is 8.11. The summed E-state index contributed by atoms with van der Waals surface area (Å²) in [6, 6.07) is 0.678. The summed E-state index contributed by atoms with van der Waals surface area (Å²) in [5, 5.41) is 8.01. The molecule has 0 spiro atoms. The Morgan fingerprint density at radius 1 is 1.41 bits per heavy atom. The smallest absolute Gasteiger partial charge is 0.0641 e. The van der Waals surface area contributed by atoms with Gasteiger partial charge in [-0.3, -0.25) is 9.58 Å². The fourth-order valence-corrected chi connectivity index (χ4v) is 2.70. The van der Waals surface area contributed by atoms with Gasteiger partial charge in [0.05, 0.1) is 5.69 Å². The van der Waals surface area contributed by atoms with Gasteiger partial charge < -0.3 is 5.32 Å². The van der Waals surface area contributed by atoms with Crippen LogP contribution in [0.4, 0.5) is 0 Å². The van der Waals surface area contributed by atoms with Crippen molar-refractivity contribution in [2.45, 2.75) is 39.8 Å². The highest BCUT2D eigenvalue weighted by Crippen LogP contribution is 2.18. The van der Waals surface area contributed by atoms with E-state index in [4.69, 9.17) is 0 Å². The van der Waals surface area contributed by atoms with Crippen LogP contribution in [0.5, 0.6) is 0 Å². The molecule has 0 aromatic carbocycles. The molecule has 0 bridgehead atoms. The van der Waals surface area contributed by atoms with Gasteiger partial charge in [-0.05, 0) is 26.8 Å².